The molecule has 0 heterocycles. The average Bonchev–Trinajstić information content (AvgIpc) is 2.37. The second-order valence-corrected chi connectivity index (χ2v) is 4.79. The summed E-state index contributed by atoms with van der Waals surface area (Å²) < 4.78 is 5.42. The zero-order valence-corrected chi connectivity index (χ0v) is 12.5. The minimum Gasteiger partial charge on any atom is -0.496 e. The number of benzene rings is 1. The van der Waals surface area contributed by atoms with Gasteiger partial charge in [0.1, 0.15) is 5.75 Å². The van der Waals surface area contributed by atoms with E-state index in [2.05, 4.69) is 37.5 Å². The van der Waals surface area contributed by atoms with Crippen molar-refractivity contribution >= 4 is 0 Å². The van der Waals surface area contributed by atoms with Crippen molar-refractivity contribution in [3.63, 3.8) is 0 Å². The molecule has 1 rings (SSSR count). The maximum absolute atomic E-state index is 5.42. The third kappa shape index (κ3) is 3.03. The molecule has 0 fully saturated rings. The molecular formula is C15H26N2O. The van der Waals surface area contributed by atoms with Crippen molar-refractivity contribution in [1.29, 1.82) is 0 Å². The first-order chi connectivity index (χ1) is 8.56. The second kappa shape index (κ2) is 6.76. The van der Waals surface area contributed by atoms with Crippen molar-refractivity contribution in [2.45, 2.75) is 33.2 Å². The highest BCUT2D eigenvalue weighted by Gasteiger charge is 2.17. The molecule has 0 aliphatic carbocycles. The maximum atomic E-state index is 5.42. The summed E-state index contributed by atoms with van der Waals surface area (Å²) in [4.78, 5) is 0. The maximum Gasteiger partial charge on any atom is 0.122 e. The van der Waals surface area contributed by atoms with Crippen LogP contribution in [0.3, 0.4) is 0 Å². The lowest BCUT2D eigenvalue weighted by atomic mass is 9.90. The van der Waals surface area contributed by atoms with Crippen LogP contribution in [0, 0.1) is 20.8 Å². The molecule has 0 aromatic heterocycles. The van der Waals surface area contributed by atoms with E-state index < -0.39 is 0 Å². The van der Waals surface area contributed by atoms with Crippen molar-refractivity contribution in [2.75, 3.05) is 27.7 Å². The Hall–Kier alpha value is -1.06. The Morgan fingerprint density at radius 2 is 1.83 bits per heavy atom. The molecule has 18 heavy (non-hydrogen) atoms. The monoisotopic (exact) mass is 250 g/mol. The molecule has 0 saturated carbocycles. The summed E-state index contributed by atoms with van der Waals surface area (Å²) in [5.74, 6) is 0.984. The molecule has 0 radical (unpaired) electrons. The standard InChI is InChI=1S/C15H26N2O/c1-10-9-14(18-6)11(2)12(3)15(10)13(17-5)7-8-16-4/h9,13,16-17H,7-8H2,1-6H3. The number of hydrogen-bond acceptors (Lipinski definition) is 3. The number of methoxy groups -OCH3 is 1. The summed E-state index contributed by atoms with van der Waals surface area (Å²) in [5.41, 5.74) is 5.28. The average molecular weight is 250 g/mol. The van der Waals surface area contributed by atoms with Crippen molar-refractivity contribution in [2.24, 2.45) is 0 Å². The van der Waals surface area contributed by atoms with Crippen LogP contribution in [0.25, 0.3) is 0 Å². The van der Waals surface area contributed by atoms with E-state index in [4.69, 9.17) is 4.74 Å². The molecule has 1 aromatic carbocycles. The molecule has 102 valence electrons. The van der Waals surface area contributed by atoms with Gasteiger partial charge in [0, 0.05) is 6.04 Å². The smallest absolute Gasteiger partial charge is 0.122 e. The fourth-order valence-corrected chi connectivity index (χ4v) is 2.54. The summed E-state index contributed by atoms with van der Waals surface area (Å²) in [6.07, 6.45) is 1.08. The van der Waals surface area contributed by atoms with E-state index in [9.17, 15) is 0 Å². The van der Waals surface area contributed by atoms with Gasteiger partial charge in [-0.1, -0.05) is 0 Å². The van der Waals surface area contributed by atoms with Gasteiger partial charge in [-0.15, -0.1) is 0 Å². The van der Waals surface area contributed by atoms with Gasteiger partial charge in [0.25, 0.3) is 0 Å². The summed E-state index contributed by atoms with van der Waals surface area (Å²) in [6, 6.07) is 2.53. The Balaban J connectivity index is 3.18. The molecule has 0 bridgehead atoms. The second-order valence-electron chi connectivity index (χ2n) is 4.79. The molecule has 1 atom stereocenters. The lowest BCUT2D eigenvalue weighted by Gasteiger charge is -2.23. The fourth-order valence-electron chi connectivity index (χ4n) is 2.54. The highest BCUT2D eigenvalue weighted by atomic mass is 16.5. The predicted octanol–water partition coefficient (Wildman–Crippen LogP) is 2.49. The normalized spacial score (nSPS) is 12.6. The summed E-state index contributed by atoms with van der Waals surface area (Å²) >= 11 is 0. The molecule has 1 aromatic rings. The highest BCUT2D eigenvalue weighted by molar-refractivity contribution is 5.49. The van der Waals surface area contributed by atoms with Crippen LogP contribution in [-0.4, -0.2) is 27.7 Å². The van der Waals surface area contributed by atoms with Crippen molar-refractivity contribution in [3.8, 4) is 5.75 Å². The SMILES string of the molecule is CNCCC(NC)c1c(C)cc(OC)c(C)c1C. The predicted molar refractivity (Wildman–Crippen MR) is 77.5 cm³/mol. The summed E-state index contributed by atoms with van der Waals surface area (Å²) in [7, 11) is 5.75. The Morgan fingerprint density at radius 1 is 1.17 bits per heavy atom. The minimum absolute atomic E-state index is 0.391. The van der Waals surface area contributed by atoms with E-state index >= 15 is 0 Å². The van der Waals surface area contributed by atoms with E-state index in [-0.39, 0.29) is 0 Å². The Morgan fingerprint density at radius 3 is 2.33 bits per heavy atom. The van der Waals surface area contributed by atoms with Crippen molar-refractivity contribution in [3.05, 3.63) is 28.3 Å². The molecule has 3 nitrogen and oxygen atoms in total. The fraction of sp³-hybridized carbons (Fsp3) is 0.600. The van der Waals surface area contributed by atoms with Crippen LogP contribution in [0.4, 0.5) is 0 Å². The van der Waals surface area contributed by atoms with Gasteiger partial charge in [-0.05, 0) is 76.2 Å². The van der Waals surface area contributed by atoms with Crippen molar-refractivity contribution in [1.82, 2.24) is 10.6 Å². The van der Waals surface area contributed by atoms with E-state index in [1.54, 1.807) is 7.11 Å². The van der Waals surface area contributed by atoms with Gasteiger partial charge in [-0.2, -0.15) is 0 Å². The van der Waals surface area contributed by atoms with Crippen LogP contribution in [0.2, 0.25) is 0 Å². The topological polar surface area (TPSA) is 33.3 Å². The first kappa shape index (κ1) is 15.0. The van der Waals surface area contributed by atoms with Gasteiger partial charge in [0.2, 0.25) is 0 Å². The number of nitrogens with one attached hydrogen (secondary N) is 2. The molecule has 0 saturated heterocycles. The minimum atomic E-state index is 0.391. The molecule has 0 aliphatic heterocycles. The van der Waals surface area contributed by atoms with Gasteiger partial charge in [-0.3, -0.25) is 0 Å². The summed E-state index contributed by atoms with van der Waals surface area (Å²) in [5, 5.41) is 6.63. The highest BCUT2D eigenvalue weighted by Crippen LogP contribution is 2.32. The van der Waals surface area contributed by atoms with Gasteiger partial charge in [-0.25, -0.2) is 0 Å². The van der Waals surface area contributed by atoms with Crippen LogP contribution in [-0.2, 0) is 0 Å². The van der Waals surface area contributed by atoms with E-state index in [0.29, 0.717) is 6.04 Å². The van der Waals surface area contributed by atoms with Crippen LogP contribution < -0.4 is 15.4 Å². The van der Waals surface area contributed by atoms with Crippen molar-refractivity contribution < 1.29 is 4.74 Å². The van der Waals surface area contributed by atoms with E-state index in [1.807, 2.05) is 14.1 Å². The lowest BCUT2D eigenvalue weighted by Crippen LogP contribution is -2.23. The first-order valence-corrected chi connectivity index (χ1v) is 6.53. The summed E-state index contributed by atoms with van der Waals surface area (Å²) in [6.45, 7) is 7.48. The number of hydrogen-bond donors (Lipinski definition) is 2. The molecule has 0 spiro atoms. The zero-order chi connectivity index (χ0) is 13.7. The van der Waals surface area contributed by atoms with E-state index in [1.165, 1.54) is 22.3 Å². The third-order valence-corrected chi connectivity index (χ3v) is 3.71. The van der Waals surface area contributed by atoms with Gasteiger partial charge < -0.3 is 15.4 Å². The number of rotatable bonds is 6. The van der Waals surface area contributed by atoms with E-state index in [0.717, 1.165) is 18.7 Å². The molecule has 0 aliphatic rings. The van der Waals surface area contributed by atoms with Gasteiger partial charge in [0.15, 0.2) is 0 Å². The molecular weight excluding hydrogens is 224 g/mol. The Bertz CT molecular complexity index is 402. The molecule has 3 heteroatoms. The van der Waals surface area contributed by atoms with Crippen LogP contribution in [0.1, 0.15) is 34.7 Å². The lowest BCUT2D eigenvalue weighted by molar-refractivity contribution is 0.410. The van der Waals surface area contributed by atoms with Gasteiger partial charge >= 0.3 is 0 Å². The molecule has 0 amide bonds. The molecule has 2 N–H and O–H groups in total. The largest absolute Gasteiger partial charge is 0.496 e. The Kier molecular flexibility index (Phi) is 5.63. The molecule has 1 unspecified atom stereocenters. The number of ether oxygens (including phenoxy) is 1. The quantitative estimate of drug-likeness (QED) is 0.814. The zero-order valence-electron chi connectivity index (χ0n) is 12.5. The van der Waals surface area contributed by atoms with Crippen LogP contribution in [0.15, 0.2) is 6.07 Å². The number of aryl methyl sites for hydroxylation is 1. The third-order valence-electron chi connectivity index (χ3n) is 3.71. The van der Waals surface area contributed by atoms with Crippen LogP contribution >= 0.6 is 0 Å². The van der Waals surface area contributed by atoms with Gasteiger partial charge in [0.05, 0.1) is 7.11 Å². The first-order valence-electron chi connectivity index (χ1n) is 6.53. The van der Waals surface area contributed by atoms with Crippen LogP contribution in [0.5, 0.6) is 5.75 Å². The Labute approximate surface area is 111 Å².